The fraction of sp³-hybridized carbons (Fsp3) is 0.875. The molecule has 0 aromatic carbocycles. The van der Waals surface area contributed by atoms with Crippen LogP contribution in [0.25, 0.3) is 0 Å². The largest absolute Gasteiger partial charge is 0.232 e. The fourth-order valence-electron chi connectivity index (χ4n) is 1.19. The minimum absolute atomic E-state index is 0.409. The summed E-state index contributed by atoms with van der Waals surface area (Å²) in [6, 6.07) is 0. The molecule has 13 heavy (non-hydrogen) atoms. The Kier molecular flexibility index (Phi) is 2.85. The zero-order chi connectivity index (χ0) is 10.1. The van der Waals surface area contributed by atoms with E-state index in [0.717, 1.165) is 12.0 Å². The quantitative estimate of drug-likeness (QED) is 0.694. The second kappa shape index (κ2) is 3.57. The Morgan fingerprint density at radius 1 is 1.31 bits per heavy atom. The Balaban J connectivity index is 2.83. The lowest BCUT2D eigenvalue weighted by Gasteiger charge is -2.16. The van der Waals surface area contributed by atoms with E-state index in [0.29, 0.717) is 5.92 Å². The summed E-state index contributed by atoms with van der Waals surface area (Å²) in [7, 11) is -1.12. The maximum atomic E-state index is 4.02. The van der Waals surface area contributed by atoms with Crippen molar-refractivity contribution in [2.75, 3.05) is 0 Å². The average molecular weight is 198 g/mol. The predicted molar refractivity (Wildman–Crippen MR) is 55.3 cm³/mol. The molecular formula is C8H18N4Si. The molecule has 1 rings (SSSR count). The van der Waals surface area contributed by atoms with Crippen molar-refractivity contribution in [3.05, 3.63) is 5.82 Å². The van der Waals surface area contributed by atoms with Gasteiger partial charge < -0.3 is 0 Å². The van der Waals surface area contributed by atoms with Gasteiger partial charge in [-0.05, 0) is 10.4 Å². The summed E-state index contributed by atoms with van der Waals surface area (Å²) >= 11 is 0. The lowest BCUT2D eigenvalue weighted by Crippen LogP contribution is -2.30. The van der Waals surface area contributed by atoms with Crippen LogP contribution in [-0.4, -0.2) is 28.3 Å². The van der Waals surface area contributed by atoms with Crippen molar-refractivity contribution >= 4 is 8.07 Å². The maximum Gasteiger partial charge on any atom is 0.153 e. The van der Waals surface area contributed by atoms with E-state index >= 15 is 0 Å². The van der Waals surface area contributed by atoms with Gasteiger partial charge in [0.2, 0.25) is 0 Å². The molecule has 0 unspecified atom stereocenters. The van der Waals surface area contributed by atoms with Gasteiger partial charge in [-0.15, -0.1) is 5.10 Å². The first kappa shape index (κ1) is 10.4. The normalized spacial score (nSPS) is 12.5. The topological polar surface area (TPSA) is 43.6 Å². The van der Waals surface area contributed by atoms with E-state index in [9.17, 15) is 0 Å². The molecule has 4 nitrogen and oxygen atoms in total. The van der Waals surface area contributed by atoms with Crippen molar-refractivity contribution in [2.45, 2.75) is 45.6 Å². The van der Waals surface area contributed by atoms with Crippen LogP contribution in [0.2, 0.25) is 19.6 Å². The zero-order valence-corrected chi connectivity index (χ0v) is 10.1. The summed E-state index contributed by atoms with van der Waals surface area (Å²) in [6.07, 6.45) is 1.01. The van der Waals surface area contributed by atoms with Gasteiger partial charge in [0.1, 0.15) is 0 Å². The van der Waals surface area contributed by atoms with Gasteiger partial charge in [-0.3, -0.25) is 0 Å². The molecule has 5 heteroatoms. The van der Waals surface area contributed by atoms with Gasteiger partial charge in [0, 0.05) is 12.1 Å². The summed E-state index contributed by atoms with van der Waals surface area (Å²) in [5.74, 6) is 1.41. The van der Waals surface area contributed by atoms with Crippen LogP contribution in [0.4, 0.5) is 0 Å². The Labute approximate surface area is 80.4 Å². The Morgan fingerprint density at radius 3 is 2.38 bits per heavy atom. The molecule has 0 aliphatic carbocycles. The Morgan fingerprint density at radius 2 is 1.92 bits per heavy atom. The van der Waals surface area contributed by atoms with Crippen LogP contribution in [0.15, 0.2) is 0 Å². The number of aromatic nitrogens is 4. The monoisotopic (exact) mass is 198 g/mol. The lowest BCUT2D eigenvalue weighted by molar-refractivity contribution is 0.620. The van der Waals surface area contributed by atoms with Crippen LogP contribution >= 0.6 is 0 Å². The molecule has 0 radical (unpaired) electrons. The van der Waals surface area contributed by atoms with E-state index < -0.39 is 8.07 Å². The third kappa shape index (κ3) is 2.91. The molecule has 0 aliphatic heterocycles. The molecule has 0 saturated carbocycles. The van der Waals surface area contributed by atoms with Gasteiger partial charge in [-0.2, -0.15) is 0 Å². The number of hydrogen-bond donors (Lipinski definition) is 0. The molecule has 0 bridgehead atoms. The predicted octanol–water partition coefficient (Wildman–Crippen LogP) is 1.67. The Bertz CT molecular complexity index is 274. The van der Waals surface area contributed by atoms with Crippen LogP contribution in [-0.2, 0) is 6.17 Å². The van der Waals surface area contributed by atoms with Crippen LogP contribution in [0.1, 0.15) is 25.6 Å². The fourth-order valence-corrected chi connectivity index (χ4v) is 2.31. The van der Waals surface area contributed by atoms with Gasteiger partial charge >= 0.3 is 0 Å². The van der Waals surface area contributed by atoms with Gasteiger partial charge in [0.05, 0.1) is 8.07 Å². The molecule has 1 aromatic heterocycles. The smallest absolute Gasteiger partial charge is 0.153 e. The van der Waals surface area contributed by atoms with Crippen LogP contribution < -0.4 is 0 Å². The highest BCUT2D eigenvalue weighted by atomic mass is 28.3. The van der Waals surface area contributed by atoms with Crippen molar-refractivity contribution in [2.24, 2.45) is 0 Å². The minimum atomic E-state index is -1.12. The minimum Gasteiger partial charge on any atom is -0.232 e. The average Bonchev–Trinajstić information content (AvgIpc) is 2.31. The van der Waals surface area contributed by atoms with E-state index in [1.165, 1.54) is 0 Å². The van der Waals surface area contributed by atoms with Gasteiger partial charge in [0.15, 0.2) is 5.82 Å². The van der Waals surface area contributed by atoms with Gasteiger partial charge in [-0.1, -0.05) is 33.5 Å². The highest BCUT2D eigenvalue weighted by molar-refractivity contribution is 6.74. The molecular weight excluding hydrogens is 180 g/mol. The first-order valence-electron chi connectivity index (χ1n) is 4.66. The van der Waals surface area contributed by atoms with Crippen molar-refractivity contribution in [3.63, 3.8) is 0 Å². The molecule has 74 valence electrons. The SMILES string of the molecule is CC(C)c1nnnn1C[Si](C)(C)C. The number of tetrazole rings is 1. The second-order valence-corrected chi connectivity index (χ2v) is 10.3. The summed E-state index contributed by atoms with van der Waals surface area (Å²) in [5.41, 5.74) is 0. The summed E-state index contributed by atoms with van der Waals surface area (Å²) < 4.78 is 1.96. The van der Waals surface area contributed by atoms with E-state index in [4.69, 9.17) is 0 Å². The molecule has 0 aliphatic rings. The standard InChI is InChI=1S/C8H18N4Si/c1-7(2)8-9-10-11-12(8)6-13(3,4)5/h7H,6H2,1-5H3. The van der Waals surface area contributed by atoms with Gasteiger partial charge in [-0.25, -0.2) is 4.68 Å². The number of hydrogen-bond acceptors (Lipinski definition) is 3. The van der Waals surface area contributed by atoms with Crippen molar-refractivity contribution in [1.29, 1.82) is 0 Å². The molecule has 1 aromatic rings. The Hall–Kier alpha value is -0.713. The molecule has 1 heterocycles. The summed E-state index contributed by atoms with van der Waals surface area (Å²) in [5, 5.41) is 11.7. The second-order valence-electron chi connectivity index (χ2n) is 4.91. The van der Waals surface area contributed by atoms with Crippen LogP contribution in [0.5, 0.6) is 0 Å². The highest BCUT2D eigenvalue weighted by Crippen LogP contribution is 2.12. The van der Waals surface area contributed by atoms with E-state index in [1.54, 1.807) is 0 Å². The molecule has 0 amide bonds. The number of rotatable bonds is 3. The van der Waals surface area contributed by atoms with Crippen molar-refractivity contribution < 1.29 is 0 Å². The van der Waals surface area contributed by atoms with Crippen LogP contribution in [0.3, 0.4) is 0 Å². The van der Waals surface area contributed by atoms with E-state index in [2.05, 4.69) is 49.0 Å². The van der Waals surface area contributed by atoms with E-state index in [-0.39, 0.29) is 0 Å². The summed E-state index contributed by atoms with van der Waals surface area (Å²) in [4.78, 5) is 0. The van der Waals surface area contributed by atoms with Crippen molar-refractivity contribution in [1.82, 2.24) is 20.2 Å². The number of nitrogens with zero attached hydrogens (tertiary/aromatic N) is 4. The maximum absolute atomic E-state index is 4.02. The third-order valence-corrected chi connectivity index (χ3v) is 2.95. The van der Waals surface area contributed by atoms with E-state index in [1.807, 2.05) is 4.68 Å². The highest BCUT2D eigenvalue weighted by Gasteiger charge is 2.18. The molecule has 0 N–H and O–H groups in total. The molecule has 0 saturated heterocycles. The van der Waals surface area contributed by atoms with Crippen LogP contribution in [0, 0.1) is 0 Å². The van der Waals surface area contributed by atoms with Gasteiger partial charge in [0.25, 0.3) is 0 Å². The molecule has 0 spiro atoms. The third-order valence-electron chi connectivity index (χ3n) is 1.70. The first-order chi connectivity index (χ1) is 5.90. The zero-order valence-electron chi connectivity index (χ0n) is 9.07. The molecule has 0 fully saturated rings. The first-order valence-corrected chi connectivity index (χ1v) is 8.37. The summed E-state index contributed by atoms with van der Waals surface area (Å²) in [6.45, 7) is 11.2. The van der Waals surface area contributed by atoms with Crippen molar-refractivity contribution in [3.8, 4) is 0 Å². The lowest BCUT2D eigenvalue weighted by atomic mass is 10.2. The molecule has 0 atom stereocenters.